The molecular formula is C8H10N2O3S. The highest BCUT2D eigenvalue weighted by atomic mass is 32.1. The third kappa shape index (κ3) is 1.31. The molecule has 0 aromatic carbocycles. The van der Waals surface area contributed by atoms with Crippen molar-refractivity contribution >= 4 is 29.1 Å². The molecule has 0 aromatic rings. The smallest absolute Gasteiger partial charge is 0.242 e. The summed E-state index contributed by atoms with van der Waals surface area (Å²) < 4.78 is 5.13. The highest BCUT2D eigenvalue weighted by molar-refractivity contribution is 7.80. The van der Waals surface area contributed by atoms with E-state index in [9.17, 15) is 9.59 Å². The predicted octanol–water partition coefficient (Wildman–Crippen LogP) is -0.686. The average molecular weight is 214 g/mol. The molecule has 2 saturated heterocycles. The van der Waals surface area contributed by atoms with Crippen LogP contribution in [0.4, 0.5) is 0 Å². The molecule has 0 radical (unpaired) electrons. The topological polar surface area (TPSA) is 67.4 Å². The molecule has 5 nitrogen and oxygen atoms in total. The van der Waals surface area contributed by atoms with Crippen LogP contribution in [0.3, 0.4) is 0 Å². The summed E-state index contributed by atoms with van der Waals surface area (Å²) in [6.07, 6.45) is 0.848. The number of thiocarbonyl (C=S) groups is 1. The molecule has 2 heterocycles. The van der Waals surface area contributed by atoms with Gasteiger partial charge in [0.25, 0.3) is 0 Å². The van der Waals surface area contributed by atoms with Crippen molar-refractivity contribution in [2.45, 2.75) is 12.8 Å². The summed E-state index contributed by atoms with van der Waals surface area (Å²) in [4.78, 5) is 23.4. The van der Waals surface area contributed by atoms with Gasteiger partial charge in [0.2, 0.25) is 11.8 Å². The second-order valence-corrected chi connectivity index (χ2v) is 3.84. The molecule has 6 heteroatoms. The maximum absolute atomic E-state index is 11.7. The number of amides is 2. The number of nitrogens with one attached hydrogen (secondary N) is 2. The molecule has 2 fully saturated rings. The van der Waals surface area contributed by atoms with Gasteiger partial charge in [-0.15, -0.1) is 0 Å². The van der Waals surface area contributed by atoms with Crippen LogP contribution >= 0.6 is 12.2 Å². The molecule has 76 valence electrons. The van der Waals surface area contributed by atoms with Gasteiger partial charge in [-0.25, -0.2) is 0 Å². The SMILES string of the molecule is O=C1NC(=S)NC(=O)C12CCOCC2. The zero-order valence-electron chi connectivity index (χ0n) is 7.46. The van der Waals surface area contributed by atoms with E-state index in [1.807, 2.05) is 0 Å². The van der Waals surface area contributed by atoms with Gasteiger partial charge in [-0.05, 0) is 25.1 Å². The lowest BCUT2D eigenvalue weighted by Gasteiger charge is -2.37. The third-order valence-corrected chi connectivity index (χ3v) is 2.87. The summed E-state index contributed by atoms with van der Waals surface area (Å²) in [5.41, 5.74) is -0.958. The zero-order valence-corrected chi connectivity index (χ0v) is 8.28. The summed E-state index contributed by atoms with van der Waals surface area (Å²) in [5, 5.41) is 5.05. The molecule has 1 spiro atoms. The van der Waals surface area contributed by atoms with Crippen molar-refractivity contribution in [3.05, 3.63) is 0 Å². The molecule has 0 aliphatic carbocycles. The predicted molar refractivity (Wildman–Crippen MR) is 51.4 cm³/mol. The Balaban J connectivity index is 2.27. The van der Waals surface area contributed by atoms with Crippen molar-refractivity contribution in [2.75, 3.05) is 13.2 Å². The van der Waals surface area contributed by atoms with E-state index in [-0.39, 0.29) is 16.9 Å². The van der Waals surface area contributed by atoms with Crippen LogP contribution in [0.2, 0.25) is 0 Å². The minimum absolute atomic E-state index is 0.0946. The Labute approximate surface area is 86.2 Å². The fraction of sp³-hybridized carbons (Fsp3) is 0.625. The molecule has 2 amide bonds. The molecule has 0 unspecified atom stereocenters. The maximum Gasteiger partial charge on any atom is 0.242 e. The van der Waals surface area contributed by atoms with E-state index in [1.54, 1.807) is 0 Å². The van der Waals surface area contributed by atoms with E-state index in [2.05, 4.69) is 10.6 Å². The molecule has 14 heavy (non-hydrogen) atoms. The molecule has 0 bridgehead atoms. The lowest BCUT2D eigenvalue weighted by Crippen LogP contribution is -2.63. The monoisotopic (exact) mass is 214 g/mol. The lowest BCUT2D eigenvalue weighted by molar-refractivity contribution is -0.150. The van der Waals surface area contributed by atoms with Crippen LogP contribution in [0.5, 0.6) is 0 Å². The van der Waals surface area contributed by atoms with Gasteiger partial charge in [0.1, 0.15) is 5.41 Å². The van der Waals surface area contributed by atoms with E-state index in [0.717, 1.165) is 0 Å². The van der Waals surface area contributed by atoms with Crippen LogP contribution in [0.25, 0.3) is 0 Å². The Kier molecular flexibility index (Phi) is 2.24. The van der Waals surface area contributed by atoms with Gasteiger partial charge < -0.3 is 15.4 Å². The van der Waals surface area contributed by atoms with Crippen LogP contribution < -0.4 is 10.6 Å². The standard InChI is InChI=1S/C8H10N2O3S/c11-5-8(1-3-13-4-2-8)6(12)10-7(14)9-5/h1-4H2,(H2,9,10,11,12,14). The van der Waals surface area contributed by atoms with Gasteiger partial charge >= 0.3 is 0 Å². The number of hydrogen-bond donors (Lipinski definition) is 2. The van der Waals surface area contributed by atoms with Crippen molar-refractivity contribution in [1.82, 2.24) is 10.6 Å². The van der Waals surface area contributed by atoms with Crippen molar-refractivity contribution < 1.29 is 14.3 Å². The molecular weight excluding hydrogens is 204 g/mol. The highest BCUT2D eigenvalue weighted by Gasteiger charge is 2.49. The molecule has 0 saturated carbocycles. The summed E-state index contributed by atoms with van der Waals surface area (Å²) in [5.74, 6) is -0.593. The number of ether oxygens (including phenoxy) is 1. The summed E-state index contributed by atoms with van der Waals surface area (Å²) >= 11 is 4.72. The molecule has 2 aliphatic rings. The van der Waals surface area contributed by atoms with Crippen LogP contribution in [0.15, 0.2) is 0 Å². The second-order valence-electron chi connectivity index (χ2n) is 3.43. The maximum atomic E-state index is 11.7. The van der Waals surface area contributed by atoms with Crippen LogP contribution in [-0.4, -0.2) is 30.1 Å². The quantitative estimate of drug-likeness (QED) is 0.414. The molecule has 0 aromatic heterocycles. The van der Waals surface area contributed by atoms with Gasteiger partial charge in [0, 0.05) is 13.2 Å². The highest BCUT2D eigenvalue weighted by Crippen LogP contribution is 2.32. The van der Waals surface area contributed by atoms with Gasteiger partial charge in [-0.1, -0.05) is 0 Å². The van der Waals surface area contributed by atoms with E-state index in [1.165, 1.54) is 0 Å². The number of carbonyl (C=O) groups is 2. The number of hydrogen-bond acceptors (Lipinski definition) is 4. The lowest BCUT2D eigenvalue weighted by atomic mass is 9.77. The minimum Gasteiger partial charge on any atom is -0.381 e. The first-order valence-electron chi connectivity index (χ1n) is 4.40. The van der Waals surface area contributed by atoms with Crippen molar-refractivity contribution in [1.29, 1.82) is 0 Å². The minimum atomic E-state index is -0.958. The Morgan fingerprint density at radius 3 is 2.14 bits per heavy atom. The Morgan fingerprint density at radius 2 is 1.64 bits per heavy atom. The van der Waals surface area contributed by atoms with E-state index in [4.69, 9.17) is 17.0 Å². The summed E-state index contributed by atoms with van der Waals surface area (Å²) in [6.45, 7) is 0.876. The van der Waals surface area contributed by atoms with E-state index in [0.29, 0.717) is 26.1 Å². The third-order valence-electron chi connectivity index (χ3n) is 2.67. The Bertz CT molecular complexity index is 288. The average Bonchev–Trinajstić information content (AvgIpc) is 2.16. The van der Waals surface area contributed by atoms with Crippen molar-refractivity contribution in [2.24, 2.45) is 5.41 Å². The van der Waals surface area contributed by atoms with Gasteiger partial charge in [0.05, 0.1) is 0 Å². The normalized spacial score (nSPS) is 25.9. The van der Waals surface area contributed by atoms with E-state index >= 15 is 0 Å². The number of rotatable bonds is 0. The van der Waals surface area contributed by atoms with Crippen LogP contribution in [-0.2, 0) is 14.3 Å². The first-order valence-corrected chi connectivity index (χ1v) is 4.81. The van der Waals surface area contributed by atoms with Crippen LogP contribution in [0.1, 0.15) is 12.8 Å². The van der Waals surface area contributed by atoms with Crippen molar-refractivity contribution in [3.63, 3.8) is 0 Å². The van der Waals surface area contributed by atoms with Gasteiger partial charge in [0.15, 0.2) is 5.11 Å². The fourth-order valence-electron chi connectivity index (χ4n) is 1.75. The molecule has 2 N–H and O–H groups in total. The summed E-state index contributed by atoms with van der Waals surface area (Å²) in [6, 6.07) is 0. The zero-order chi connectivity index (χ0) is 10.2. The first kappa shape index (κ1) is 9.54. The largest absolute Gasteiger partial charge is 0.381 e. The number of carbonyl (C=O) groups excluding carboxylic acids is 2. The molecule has 0 atom stereocenters. The first-order chi connectivity index (χ1) is 6.65. The van der Waals surface area contributed by atoms with Crippen LogP contribution in [0, 0.1) is 5.41 Å². The van der Waals surface area contributed by atoms with Gasteiger partial charge in [-0.3, -0.25) is 9.59 Å². The van der Waals surface area contributed by atoms with Gasteiger partial charge in [-0.2, -0.15) is 0 Å². The van der Waals surface area contributed by atoms with E-state index < -0.39 is 5.41 Å². The molecule has 2 rings (SSSR count). The fourth-order valence-corrected chi connectivity index (χ4v) is 1.94. The second kappa shape index (κ2) is 3.29. The van der Waals surface area contributed by atoms with Crippen molar-refractivity contribution in [3.8, 4) is 0 Å². The Morgan fingerprint density at radius 1 is 1.14 bits per heavy atom. The summed E-state index contributed by atoms with van der Waals surface area (Å²) in [7, 11) is 0. The Hall–Kier alpha value is -1.01. The molecule has 2 aliphatic heterocycles.